The Kier molecular flexibility index (Phi) is 7.32. The maximum absolute atomic E-state index is 11.8. The number of carbonyl (C=O) groups is 2. The van der Waals surface area contributed by atoms with Crippen molar-refractivity contribution >= 4 is 12.0 Å². The smallest absolute Gasteiger partial charge is 0.329 e. The van der Waals surface area contributed by atoms with Gasteiger partial charge in [0.05, 0.1) is 6.61 Å². The highest BCUT2D eigenvalue weighted by Crippen LogP contribution is 2.17. The second kappa shape index (κ2) is 8.76. The van der Waals surface area contributed by atoms with Crippen molar-refractivity contribution in [2.45, 2.75) is 25.8 Å². The first-order chi connectivity index (χ1) is 9.54. The molecule has 1 unspecified atom stereocenters. The summed E-state index contributed by atoms with van der Waals surface area (Å²) in [5.74, 6) is -1.01. The van der Waals surface area contributed by atoms with E-state index >= 15 is 0 Å². The van der Waals surface area contributed by atoms with Gasteiger partial charge < -0.3 is 20.1 Å². The third-order valence-electron chi connectivity index (χ3n) is 3.48. The highest BCUT2D eigenvalue weighted by Gasteiger charge is 2.25. The van der Waals surface area contributed by atoms with Crippen LogP contribution in [0, 0.1) is 0 Å². The van der Waals surface area contributed by atoms with Gasteiger partial charge in [0.25, 0.3) is 0 Å². The average Bonchev–Trinajstić information content (AvgIpc) is 2.84. The van der Waals surface area contributed by atoms with Crippen molar-refractivity contribution in [1.82, 2.24) is 15.1 Å². The summed E-state index contributed by atoms with van der Waals surface area (Å²) < 4.78 is 4.85. The number of ether oxygens (including phenoxy) is 1. The topological polar surface area (TPSA) is 82.1 Å². The fourth-order valence-corrected chi connectivity index (χ4v) is 2.44. The van der Waals surface area contributed by atoms with Gasteiger partial charge in [-0.25, -0.2) is 9.59 Å². The van der Waals surface area contributed by atoms with E-state index < -0.39 is 5.97 Å². The molecule has 0 aromatic carbocycles. The lowest BCUT2D eigenvalue weighted by Crippen LogP contribution is -2.45. The predicted octanol–water partition coefficient (Wildman–Crippen LogP) is 0.213. The van der Waals surface area contributed by atoms with E-state index in [0.29, 0.717) is 12.6 Å². The molecule has 2 N–H and O–H groups in total. The molecule has 1 aliphatic heterocycles. The molecule has 0 bridgehead atoms. The summed E-state index contributed by atoms with van der Waals surface area (Å²) in [6, 6.07) is 0.297. The second-order valence-corrected chi connectivity index (χ2v) is 4.98. The molecule has 0 aromatic rings. The molecule has 0 aliphatic carbocycles. The number of nitrogens with one attached hydrogen (secondary N) is 1. The van der Waals surface area contributed by atoms with Gasteiger partial charge >= 0.3 is 12.0 Å². The summed E-state index contributed by atoms with van der Waals surface area (Å²) in [5, 5.41) is 11.1. The zero-order valence-corrected chi connectivity index (χ0v) is 12.3. The molecule has 0 spiro atoms. The largest absolute Gasteiger partial charge is 0.480 e. The van der Waals surface area contributed by atoms with Crippen LogP contribution in [0.25, 0.3) is 0 Å². The lowest BCUT2D eigenvalue weighted by Gasteiger charge is -2.27. The van der Waals surface area contributed by atoms with Crippen molar-refractivity contribution in [3.05, 3.63) is 0 Å². The monoisotopic (exact) mass is 287 g/mol. The van der Waals surface area contributed by atoms with Crippen molar-refractivity contribution in [3.63, 3.8) is 0 Å². The first kappa shape index (κ1) is 16.7. The number of likely N-dealkylation sites (N-methyl/N-ethyl adjacent to an activating group) is 2. The lowest BCUT2D eigenvalue weighted by atomic mass is 10.2. The normalized spacial score (nSPS) is 19.0. The first-order valence-electron chi connectivity index (χ1n) is 7.07. The highest BCUT2D eigenvalue weighted by molar-refractivity contribution is 5.73. The van der Waals surface area contributed by atoms with E-state index in [1.807, 2.05) is 0 Å². The molecule has 20 heavy (non-hydrogen) atoms. The van der Waals surface area contributed by atoms with Gasteiger partial charge in [0.2, 0.25) is 0 Å². The van der Waals surface area contributed by atoms with E-state index in [2.05, 4.69) is 17.1 Å². The Bertz CT molecular complexity index is 325. The zero-order valence-electron chi connectivity index (χ0n) is 12.3. The minimum Gasteiger partial charge on any atom is -0.480 e. The van der Waals surface area contributed by atoms with Crippen molar-refractivity contribution in [3.8, 4) is 0 Å². The van der Waals surface area contributed by atoms with Gasteiger partial charge in [-0.15, -0.1) is 0 Å². The molecular weight excluding hydrogens is 262 g/mol. The number of likely N-dealkylation sites (tertiary alicyclic amines) is 1. The molecule has 1 fully saturated rings. The molecule has 0 radical (unpaired) electrons. The third-order valence-corrected chi connectivity index (χ3v) is 3.48. The molecule has 0 saturated carbocycles. The number of carboxylic acids is 1. The Hall–Kier alpha value is -1.34. The minimum atomic E-state index is -1.01. The maximum Gasteiger partial charge on any atom is 0.329 e. The number of carboxylic acid groups (broad SMARTS) is 1. The van der Waals surface area contributed by atoms with E-state index in [9.17, 15) is 9.59 Å². The molecule has 1 saturated heterocycles. The number of urea groups is 1. The molecule has 1 atom stereocenters. The van der Waals surface area contributed by atoms with Crippen LogP contribution < -0.4 is 5.32 Å². The van der Waals surface area contributed by atoms with Gasteiger partial charge in [-0.1, -0.05) is 6.92 Å². The van der Waals surface area contributed by atoms with Gasteiger partial charge in [-0.05, 0) is 25.9 Å². The Balaban J connectivity index is 2.17. The van der Waals surface area contributed by atoms with E-state index in [0.717, 1.165) is 26.1 Å². The average molecular weight is 287 g/mol. The van der Waals surface area contributed by atoms with Gasteiger partial charge in [-0.2, -0.15) is 0 Å². The summed E-state index contributed by atoms with van der Waals surface area (Å²) >= 11 is 0. The van der Waals surface area contributed by atoms with Crippen LogP contribution in [-0.2, 0) is 9.53 Å². The van der Waals surface area contributed by atoms with Crippen LogP contribution in [-0.4, -0.2) is 79.4 Å². The van der Waals surface area contributed by atoms with Gasteiger partial charge in [-0.3, -0.25) is 4.90 Å². The SMILES string of the molecule is CCN1CCCC1CN(C)C(=O)NCCOCC(=O)O. The van der Waals surface area contributed by atoms with Gasteiger partial charge in [0.15, 0.2) is 0 Å². The number of rotatable bonds is 8. The van der Waals surface area contributed by atoms with E-state index in [1.165, 1.54) is 6.42 Å². The molecule has 116 valence electrons. The number of amides is 2. The van der Waals surface area contributed by atoms with Crippen LogP contribution in [0.1, 0.15) is 19.8 Å². The fraction of sp³-hybridized carbons (Fsp3) is 0.846. The molecule has 2 amide bonds. The molecule has 1 heterocycles. The van der Waals surface area contributed by atoms with Crippen LogP contribution in [0.15, 0.2) is 0 Å². The Labute approximate surface area is 119 Å². The van der Waals surface area contributed by atoms with Crippen molar-refractivity contribution < 1.29 is 19.4 Å². The molecule has 1 aliphatic rings. The first-order valence-corrected chi connectivity index (χ1v) is 7.07. The standard InChI is InChI=1S/C13H25N3O4/c1-3-16-7-4-5-11(16)9-15(2)13(19)14-6-8-20-10-12(17)18/h11H,3-10H2,1-2H3,(H,14,19)(H,17,18). The fourth-order valence-electron chi connectivity index (χ4n) is 2.44. The second-order valence-electron chi connectivity index (χ2n) is 4.98. The Morgan fingerprint density at radius 1 is 1.50 bits per heavy atom. The van der Waals surface area contributed by atoms with E-state index in [4.69, 9.17) is 9.84 Å². The third kappa shape index (κ3) is 5.75. The molecule has 1 rings (SSSR count). The molecule has 7 heteroatoms. The minimum absolute atomic E-state index is 0.146. The number of carbonyl (C=O) groups excluding carboxylic acids is 1. The Morgan fingerprint density at radius 3 is 2.90 bits per heavy atom. The van der Waals surface area contributed by atoms with E-state index in [-0.39, 0.29) is 19.2 Å². The summed E-state index contributed by atoms with van der Waals surface area (Å²) in [7, 11) is 1.78. The van der Waals surface area contributed by atoms with Gasteiger partial charge in [0, 0.05) is 26.2 Å². The molecule has 7 nitrogen and oxygen atoms in total. The quantitative estimate of drug-likeness (QED) is 0.624. The summed E-state index contributed by atoms with van der Waals surface area (Å²) in [6.07, 6.45) is 2.32. The summed E-state index contributed by atoms with van der Waals surface area (Å²) in [4.78, 5) is 26.1. The molecule has 0 aromatic heterocycles. The summed E-state index contributed by atoms with van der Waals surface area (Å²) in [6.45, 7) is 5.17. The van der Waals surface area contributed by atoms with Crippen LogP contribution >= 0.6 is 0 Å². The lowest BCUT2D eigenvalue weighted by molar-refractivity contribution is -0.142. The number of aliphatic carboxylic acids is 1. The van der Waals surface area contributed by atoms with Crippen molar-refractivity contribution in [2.24, 2.45) is 0 Å². The molecular formula is C13H25N3O4. The summed E-state index contributed by atoms with van der Waals surface area (Å²) in [5.41, 5.74) is 0. The predicted molar refractivity (Wildman–Crippen MR) is 74.8 cm³/mol. The van der Waals surface area contributed by atoms with E-state index in [1.54, 1.807) is 11.9 Å². The van der Waals surface area contributed by atoms with Crippen LogP contribution in [0.3, 0.4) is 0 Å². The maximum atomic E-state index is 11.8. The number of hydrogen-bond acceptors (Lipinski definition) is 4. The van der Waals surface area contributed by atoms with Crippen molar-refractivity contribution in [2.75, 3.05) is 46.4 Å². The van der Waals surface area contributed by atoms with Crippen LogP contribution in [0.2, 0.25) is 0 Å². The van der Waals surface area contributed by atoms with Crippen molar-refractivity contribution in [1.29, 1.82) is 0 Å². The van der Waals surface area contributed by atoms with Crippen LogP contribution in [0.5, 0.6) is 0 Å². The number of hydrogen-bond donors (Lipinski definition) is 2. The van der Waals surface area contributed by atoms with Gasteiger partial charge in [0.1, 0.15) is 6.61 Å². The van der Waals surface area contributed by atoms with Crippen LogP contribution in [0.4, 0.5) is 4.79 Å². The zero-order chi connectivity index (χ0) is 15.0. The highest BCUT2D eigenvalue weighted by atomic mass is 16.5. The Morgan fingerprint density at radius 2 is 2.25 bits per heavy atom. The number of nitrogens with zero attached hydrogens (tertiary/aromatic N) is 2.